The van der Waals surface area contributed by atoms with Gasteiger partial charge in [-0.2, -0.15) is 0 Å². The van der Waals surface area contributed by atoms with E-state index in [4.69, 9.17) is 4.74 Å². The minimum absolute atomic E-state index is 0.0580. The lowest BCUT2D eigenvalue weighted by Gasteiger charge is -2.36. The molecule has 0 radical (unpaired) electrons. The Labute approximate surface area is 222 Å². The highest BCUT2D eigenvalue weighted by molar-refractivity contribution is 5.90. The van der Waals surface area contributed by atoms with Gasteiger partial charge in [0.2, 0.25) is 5.91 Å². The van der Waals surface area contributed by atoms with Gasteiger partial charge < -0.3 is 19.9 Å². The monoisotopic (exact) mass is 506 g/mol. The van der Waals surface area contributed by atoms with Crippen LogP contribution < -0.4 is 10.1 Å². The molecular formula is C30H42N4O3. The van der Waals surface area contributed by atoms with Gasteiger partial charge in [0.25, 0.3) is 0 Å². The number of ether oxygens (including phenoxy) is 1. The number of nitrogens with one attached hydrogen (secondary N) is 1. The number of nitrogens with zero attached hydrogens (tertiary/aromatic N) is 3. The second kappa shape index (κ2) is 13.3. The Bertz CT molecular complexity index is 1070. The first-order valence-electron chi connectivity index (χ1n) is 13.1. The highest BCUT2D eigenvalue weighted by atomic mass is 16.5. The zero-order valence-corrected chi connectivity index (χ0v) is 23.0. The molecule has 1 heterocycles. The first-order chi connectivity index (χ1) is 17.7. The molecule has 200 valence electrons. The van der Waals surface area contributed by atoms with E-state index >= 15 is 0 Å². The highest BCUT2D eigenvalue weighted by Gasteiger charge is 2.24. The molecule has 0 unspecified atom stereocenters. The Morgan fingerprint density at radius 3 is 2.38 bits per heavy atom. The van der Waals surface area contributed by atoms with Gasteiger partial charge >= 0.3 is 6.03 Å². The minimum atomic E-state index is -0.0716. The molecule has 37 heavy (non-hydrogen) atoms. The number of carbonyl (C=O) groups is 2. The summed E-state index contributed by atoms with van der Waals surface area (Å²) in [4.78, 5) is 32.0. The Hall–Kier alpha value is -3.32. The molecule has 2 aromatic carbocycles. The molecule has 3 rings (SSSR count). The average molecular weight is 507 g/mol. The number of urea groups is 1. The van der Waals surface area contributed by atoms with Crippen LogP contribution >= 0.6 is 0 Å². The molecule has 0 saturated carbocycles. The highest BCUT2D eigenvalue weighted by Crippen LogP contribution is 2.21. The van der Waals surface area contributed by atoms with Crippen LogP contribution in [0.4, 0.5) is 10.5 Å². The van der Waals surface area contributed by atoms with Crippen molar-refractivity contribution >= 4 is 23.7 Å². The Kier molecular flexibility index (Phi) is 10.1. The van der Waals surface area contributed by atoms with E-state index in [1.54, 1.807) is 7.11 Å². The molecule has 0 aliphatic carbocycles. The molecule has 2 aromatic rings. The van der Waals surface area contributed by atoms with Crippen molar-refractivity contribution < 1.29 is 14.3 Å². The maximum absolute atomic E-state index is 13.1. The maximum atomic E-state index is 13.1. The van der Waals surface area contributed by atoms with Crippen molar-refractivity contribution in [2.45, 2.75) is 34.1 Å². The molecule has 1 fully saturated rings. The Balaban J connectivity index is 1.53. The van der Waals surface area contributed by atoms with Crippen molar-refractivity contribution in [3.63, 3.8) is 0 Å². The summed E-state index contributed by atoms with van der Waals surface area (Å²) < 4.78 is 5.44. The molecule has 0 aromatic heterocycles. The van der Waals surface area contributed by atoms with Gasteiger partial charge in [-0.05, 0) is 30.0 Å². The zero-order chi connectivity index (χ0) is 26.8. The fourth-order valence-electron chi connectivity index (χ4n) is 4.34. The van der Waals surface area contributed by atoms with Crippen LogP contribution in [-0.2, 0) is 4.79 Å². The van der Waals surface area contributed by atoms with Crippen molar-refractivity contribution in [2.75, 3.05) is 58.2 Å². The summed E-state index contributed by atoms with van der Waals surface area (Å²) >= 11 is 0. The summed E-state index contributed by atoms with van der Waals surface area (Å²) in [7, 11) is 1.66. The molecule has 1 N–H and O–H groups in total. The Morgan fingerprint density at radius 2 is 1.70 bits per heavy atom. The summed E-state index contributed by atoms with van der Waals surface area (Å²) in [5, 5.41) is 3.03. The molecule has 0 bridgehead atoms. The summed E-state index contributed by atoms with van der Waals surface area (Å²) in [6, 6.07) is 15.6. The molecule has 1 aliphatic rings. The predicted octanol–water partition coefficient (Wildman–Crippen LogP) is 5.13. The van der Waals surface area contributed by atoms with Crippen molar-refractivity contribution in [1.29, 1.82) is 0 Å². The van der Waals surface area contributed by atoms with E-state index in [1.807, 2.05) is 77.4 Å². The van der Waals surface area contributed by atoms with Gasteiger partial charge in [-0.1, -0.05) is 69.3 Å². The van der Waals surface area contributed by atoms with Crippen molar-refractivity contribution in [3.8, 4) is 5.75 Å². The van der Waals surface area contributed by atoms with Crippen LogP contribution in [0.5, 0.6) is 5.75 Å². The number of carbonyl (C=O) groups excluding carboxylic acids is 2. The summed E-state index contributed by atoms with van der Waals surface area (Å²) in [5.74, 6) is 0.976. The smallest absolute Gasteiger partial charge is 0.321 e. The van der Waals surface area contributed by atoms with Crippen molar-refractivity contribution in [2.24, 2.45) is 5.41 Å². The third kappa shape index (κ3) is 8.93. The second-order valence-electron chi connectivity index (χ2n) is 10.8. The van der Waals surface area contributed by atoms with Gasteiger partial charge in [-0.3, -0.25) is 9.69 Å². The number of aryl methyl sites for hydroxylation is 1. The number of amides is 3. The van der Waals surface area contributed by atoms with Crippen LogP contribution in [-0.4, -0.2) is 79.6 Å². The van der Waals surface area contributed by atoms with Crippen LogP contribution in [0.15, 0.2) is 54.6 Å². The van der Waals surface area contributed by atoms with Gasteiger partial charge in [0.15, 0.2) is 0 Å². The Morgan fingerprint density at radius 1 is 1.03 bits per heavy atom. The van der Waals surface area contributed by atoms with Crippen molar-refractivity contribution in [3.05, 3.63) is 65.7 Å². The number of hydrogen-bond donors (Lipinski definition) is 1. The zero-order valence-electron chi connectivity index (χ0n) is 23.0. The lowest BCUT2D eigenvalue weighted by atomic mass is 9.91. The first kappa shape index (κ1) is 28.3. The van der Waals surface area contributed by atoms with E-state index in [2.05, 4.69) is 31.0 Å². The van der Waals surface area contributed by atoms with Crippen LogP contribution in [0.1, 0.15) is 38.3 Å². The fourth-order valence-corrected chi connectivity index (χ4v) is 4.34. The third-order valence-corrected chi connectivity index (χ3v) is 6.53. The van der Waals surface area contributed by atoms with E-state index in [-0.39, 0.29) is 17.4 Å². The summed E-state index contributed by atoms with van der Waals surface area (Å²) in [6.45, 7) is 13.2. The molecule has 1 saturated heterocycles. The molecule has 7 nitrogen and oxygen atoms in total. The predicted molar refractivity (Wildman–Crippen MR) is 151 cm³/mol. The van der Waals surface area contributed by atoms with Gasteiger partial charge in [-0.15, -0.1) is 0 Å². The number of rotatable bonds is 9. The normalized spacial score (nSPS) is 14.6. The quantitative estimate of drug-likeness (QED) is 0.512. The van der Waals surface area contributed by atoms with E-state index in [0.717, 1.165) is 42.2 Å². The number of hydrogen-bond acceptors (Lipinski definition) is 4. The van der Waals surface area contributed by atoms with E-state index in [1.165, 1.54) is 0 Å². The lowest BCUT2D eigenvalue weighted by Crippen LogP contribution is -2.51. The summed E-state index contributed by atoms with van der Waals surface area (Å²) in [6.07, 6.45) is 4.55. The minimum Gasteiger partial charge on any atom is -0.496 e. The van der Waals surface area contributed by atoms with Gasteiger partial charge in [0, 0.05) is 63.5 Å². The standard InChI is InChI=1S/C30H42N4O3/c1-24-11-6-8-14-26(24)31-29(36)34-21-18-32(19-22-34)17-20-33(28(35)23-30(2,3)4)16-10-13-25-12-7-9-15-27(25)37-5/h6-15H,16-23H2,1-5H3,(H,31,36). The second-order valence-corrected chi connectivity index (χ2v) is 10.8. The van der Waals surface area contributed by atoms with E-state index in [0.29, 0.717) is 32.6 Å². The van der Waals surface area contributed by atoms with Crippen LogP contribution in [0, 0.1) is 12.3 Å². The van der Waals surface area contributed by atoms with Gasteiger partial charge in [0.1, 0.15) is 5.75 Å². The number of methoxy groups -OCH3 is 1. The SMILES string of the molecule is COc1ccccc1C=CCN(CCN1CCN(C(=O)Nc2ccccc2C)CC1)C(=O)CC(C)(C)C. The topological polar surface area (TPSA) is 65.1 Å². The number of benzene rings is 2. The first-order valence-corrected chi connectivity index (χ1v) is 13.1. The van der Waals surface area contributed by atoms with Crippen LogP contribution in [0.2, 0.25) is 0 Å². The molecule has 0 atom stereocenters. The van der Waals surface area contributed by atoms with E-state index in [9.17, 15) is 9.59 Å². The van der Waals surface area contributed by atoms with Crippen molar-refractivity contribution in [1.82, 2.24) is 14.7 Å². The number of anilines is 1. The maximum Gasteiger partial charge on any atom is 0.321 e. The summed E-state index contributed by atoms with van der Waals surface area (Å²) in [5.41, 5.74) is 2.82. The molecule has 0 spiro atoms. The molecular weight excluding hydrogens is 464 g/mol. The van der Waals surface area contributed by atoms with Gasteiger partial charge in [-0.25, -0.2) is 4.79 Å². The molecule has 7 heteroatoms. The fraction of sp³-hybridized carbons (Fsp3) is 0.467. The largest absolute Gasteiger partial charge is 0.496 e. The number of piperazine rings is 1. The van der Waals surface area contributed by atoms with E-state index < -0.39 is 0 Å². The average Bonchev–Trinajstić information content (AvgIpc) is 2.87. The molecule has 3 amide bonds. The third-order valence-electron chi connectivity index (χ3n) is 6.53. The lowest BCUT2D eigenvalue weighted by molar-refractivity contribution is -0.132. The van der Waals surface area contributed by atoms with Crippen LogP contribution in [0.3, 0.4) is 0 Å². The van der Waals surface area contributed by atoms with Gasteiger partial charge in [0.05, 0.1) is 7.11 Å². The van der Waals surface area contributed by atoms with Crippen LogP contribution in [0.25, 0.3) is 6.08 Å². The number of para-hydroxylation sites is 2. The molecule has 1 aliphatic heterocycles.